The molecule has 0 aliphatic rings. The Hall–Kier alpha value is -2.96. The van der Waals surface area contributed by atoms with Crippen molar-refractivity contribution in [3.8, 4) is 17.2 Å². The molecule has 1 aromatic carbocycles. The number of ether oxygens (including phenoxy) is 2. The van der Waals surface area contributed by atoms with Crippen molar-refractivity contribution in [2.75, 3.05) is 14.2 Å². The summed E-state index contributed by atoms with van der Waals surface area (Å²) >= 11 is 0. The minimum atomic E-state index is -0.774. The Labute approximate surface area is 145 Å². The molecule has 1 atom stereocenters. The van der Waals surface area contributed by atoms with E-state index in [4.69, 9.17) is 9.47 Å². The Morgan fingerprint density at radius 2 is 1.88 bits per heavy atom. The highest BCUT2D eigenvalue weighted by molar-refractivity contribution is 5.71. The summed E-state index contributed by atoms with van der Waals surface area (Å²) in [7, 11) is 4.25. The van der Waals surface area contributed by atoms with Crippen LogP contribution in [-0.2, 0) is 16.6 Å². The number of methoxy groups -OCH3 is 2. The van der Waals surface area contributed by atoms with E-state index in [0.717, 1.165) is 0 Å². The Kier molecular flexibility index (Phi) is 5.36. The number of phenolic OH excluding ortho intramolecular Hbond substituents is 1. The first-order valence-electron chi connectivity index (χ1n) is 7.63. The number of aromatic nitrogens is 1. The minimum Gasteiger partial charge on any atom is -0.507 e. The molecule has 0 amide bonds. The number of carbonyl (C=O) groups excluding carboxylic acids is 1. The molecule has 0 bridgehead atoms. The molecule has 7 heteroatoms. The number of aromatic hydroxyl groups is 2. The molecule has 0 fully saturated rings. The topological polar surface area (TPSA) is 98.0 Å². The highest BCUT2D eigenvalue weighted by Gasteiger charge is 2.26. The average Bonchev–Trinajstić information content (AvgIpc) is 2.58. The number of nitrogens with zero attached hydrogens (tertiary/aromatic N) is 1. The average molecular weight is 347 g/mol. The van der Waals surface area contributed by atoms with Gasteiger partial charge in [0, 0.05) is 18.7 Å². The van der Waals surface area contributed by atoms with Crippen LogP contribution >= 0.6 is 0 Å². The molecule has 0 aliphatic heterocycles. The van der Waals surface area contributed by atoms with E-state index in [9.17, 15) is 19.8 Å². The maximum absolute atomic E-state index is 12.7. The summed E-state index contributed by atoms with van der Waals surface area (Å²) in [6, 6.07) is 6.03. The van der Waals surface area contributed by atoms with E-state index in [-0.39, 0.29) is 29.2 Å². The number of carbonyl (C=O) groups is 1. The van der Waals surface area contributed by atoms with Crippen LogP contribution in [0.15, 0.2) is 29.1 Å². The van der Waals surface area contributed by atoms with Crippen LogP contribution in [-0.4, -0.2) is 35.0 Å². The number of benzene rings is 1. The summed E-state index contributed by atoms with van der Waals surface area (Å²) in [5, 5.41) is 20.4. The molecule has 2 rings (SSSR count). The van der Waals surface area contributed by atoms with E-state index in [1.54, 1.807) is 20.0 Å². The van der Waals surface area contributed by atoms with Crippen molar-refractivity contribution in [3.63, 3.8) is 0 Å². The summed E-state index contributed by atoms with van der Waals surface area (Å²) in [6.07, 6.45) is -0.159. The predicted octanol–water partition coefficient (Wildman–Crippen LogP) is 1.81. The molecule has 0 radical (unpaired) electrons. The molecular formula is C18H21NO6. The lowest BCUT2D eigenvalue weighted by Crippen LogP contribution is -2.26. The zero-order chi connectivity index (χ0) is 18.7. The van der Waals surface area contributed by atoms with Crippen molar-refractivity contribution in [1.82, 2.24) is 4.57 Å². The van der Waals surface area contributed by atoms with Crippen LogP contribution in [0.3, 0.4) is 0 Å². The number of hydrogen-bond donors (Lipinski definition) is 2. The smallest absolute Gasteiger partial charge is 0.306 e. The Morgan fingerprint density at radius 1 is 1.20 bits per heavy atom. The molecule has 2 N–H and O–H groups in total. The van der Waals surface area contributed by atoms with Crippen LogP contribution < -0.4 is 10.3 Å². The fourth-order valence-corrected chi connectivity index (χ4v) is 2.71. The van der Waals surface area contributed by atoms with Gasteiger partial charge in [0.15, 0.2) is 11.5 Å². The van der Waals surface area contributed by atoms with Gasteiger partial charge in [0.25, 0.3) is 5.56 Å². The second-order valence-corrected chi connectivity index (χ2v) is 5.71. The van der Waals surface area contributed by atoms with Gasteiger partial charge in [-0.25, -0.2) is 0 Å². The molecular weight excluding hydrogens is 326 g/mol. The van der Waals surface area contributed by atoms with E-state index in [2.05, 4.69) is 0 Å². The van der Waals surface area contributed by atoms with E-state index >= 15 is 0 Å². The summed E-state index contributed by atoms with van der Waals surface area (Å²) in [5.74, 6) is -1.38. The summed E-state index contributed by atoms with van der Waals surface area (Å²) in [4.78, 5) is 24.5. The maximum atomic E-state index is 12.7. The lowest BCUT2D eigenvalue weighted by Gasteiger charge is -2.20. The summed E-state index contributed by atoms with van der Waals surface area (Å²) in [6.45, 7) is 1.69. The van der Waals surface area contributed by atoms with Crippen LogP contribution in [0.4, 0.5) is 0 Å². The van der Waals surface area contributed by atoms with Gasteiger partial charge in [0.1, 0.15) is 5.75 Å². The molecule has 2 aromatic rings. The van der Waals surface area contributed by atoms with E-state index in [1.807, 2.05) is 0 Å². The number of aryl methyl sites for hydroxylation is 1. The Balaban J connectivity index is 2.66. The number of esters is 1. The molecule has 1 heterocycles. The molecule has 1 unspecified atom stereocenters. The Bertz CT molecular complexity index is 855. The first-order chi connectivity index (χ1) is 11.8. The monoisotopic (exact) mass is 347 g/mol. The van der Waals surface area contributed by atoms with Crippen molar-refractivity contribution >= 4 is 5.97 Å². The van der Waals surface area contributed by atoms with Gasteiger partial charge in [-0.2, -0.15) is 0 Å². The zero-order valence-corrected chi connectivity index (χ0v) is 14.6. The lowest BCUT2D eigenvalue weighted by atomic mass is 9.88. The fraction of sp³-hybridized carbons (Fsp3) is 0.333. The van der Waals surface area contributed by atoms with Crippen molar-refractivity contribution < 1.29 is 24.5 Å². The summed E-state index contributed by atoms with van der Waals surface area (Å²) in [5.41, 5.74) is 0.727. The van der Waals surface area contributed by atoms with E-state index in [1.165, 1.54) is 37.0 Å². The molecule has 1 aromatic heterocycles. The van der Waals surface area contributed by atoms with Gasteiger partial charge in [0.05, 0.1) is 26.2 Å². The first-order valence-corrected chi connectivity index (χ1v) is 7.63. The largest absolute Gasteiger partial charge is 0.507 e. The molecule has 25 heavy (non-hydrogen) atoms. The van der Waals surface area contributed by atoms with Gasteiger partial charge in [-0.15, -0.1) is 0 Å². The number of hydrogen-bond acceptors (Lipinski definition) is 6. The van der Waals surface area contributed by atoms with Gasteiger partial charge < -0.3 is 24.3 Å². The van der Waals surface area contributed by atoms with Crippen molar-refractivity contribution in [3.05, 3.63) is 51.4 Å². The van der Waals surface area contributed by atoms with Crippen LogP contribution in [0.1, 0.15) is 29.2 Å². The number of rotatable bonds is 5. The van der Waals surface area contributed by atoms with E-state index < -0.39 is 17.4 Å². The third-order valence-corrected chi connectivity index (χ3v) is 4.24. The second kappa shape index (κ2) is 7.29. The lowest BCUT2D eigenvalue weighted by molar-refractivity contribution is -0.140. The molecule has 134 valence electrons. The SMILES string of the molecule is COC(=O)CC(c1ccc(OC)c(O)c1)c1c(O)cc(C)n(C)c1=O. The third kappa shape index (κ3) is 3.60. The molecule has 0 spiro atoms. The highest BCUT2D eigenvalue weighted by atomic mass is 16.5. The first kappa shape index (κ1) is 18.4. The van der Waals surface area contributed by atoms with Crippen LogP contribution in [0, 0.1) is 6.92 Å². The third-order valence-electron chi connectivity index (χ3n) is 4.24. The Morgan fingerprint density at radius 3 is 2.44 bits per heavy atom. The van der Waals surface area contributed by atoms with Gasteiger partial charge in [-0.05, 0) is 30.7 Å². The molecule has 0 saturated heterocycles. The van der Waals surface area contributed by atoms with Gasteiger partial charge in [-0.1, -0.05) is 6.07 Å². The van der Waals surface area contributed by atoms with Crippen LogP contribution in [0.2, 0.25) is 0 Å². The van der Waals surface area contributed by atoms with Gasteiger partial charge >= 0.3 is 5.97 Å². The summed E-state index contributed by atoms with van der Waals surface area (Å²) < 4.78 is 11.1. The number of pyridine rings is 1. The number of phenols is 1. The van der Waals surface area contributed by atoms with E-state index in [0.29, 0.717) is 11.3 Å². The molecule has 0 aliphatic carbocycles. The standard InChI is InChI=1S/C18H21NO6/c1-10-7-14(21)17(18(23)19(10)2)12(9-16(22)25-4)11-5-6-15(24-3)13(20)8-11/h5-8,12,20-21H,9H2,1-4H3. The molecule has 0 saturated carbocycles. The normalized spacial score (nSPS) is 11.8. The van der Waals surface area contributed by atoms with Crippen molar-refractivity contribution in [2.24, 2.45) is 7.05 Å². The second-order valence-electron chi connectivity index (χ2n) is 5.71. The van der Waals surface area contributed by atoms with Crippen molar-refractivity contribution in [1.29, 1.82) is 0 Å². The quantitative estimate of drug-likeness (QED) is 0.801. The van der Waals surface area contributed by atoms with Crippen LogP contribution in [0.25, 0.3) is 0 Å². The molecule has 7 nitrogen and oxygen atoms in total. The van der Waals surface area contributed by atoms with Gasteiger partial charge in [0.2, 0.25) is 0 Å². The van der Waals surface area contributed by atoms with Gasteiger partial charge in [-0.3, -0.25) is 9.59 Å². The zero-order valence-electron chi connectivity index (χ0n) is 14.6. The highest BCUT2D eigenvalue weighted by Crippen LogP contribution is 2.36. The van der Waals surface area contributed by atoms with Crippen molar-refractivity contribution in [2.45, 2.75) is 19.3 Å². The fourth-order valence-electron chi connectivity index (χ4n) is 2.71. The minimum absolute atomic E-state index is 0.0723. The maximum Gasteiger partial charge on any atom is 0.306 e. The van der Waals surface area contributed by atoms with Crippen LogP contribution in [0.5, 0.6) is 17.2 Å². The predicted molar refractivity (Wildman–Crippen MR) is 91.2 cm³/mol.